The van der Waals surface area contributed by atoms with Gasteiger partial charge in [0.2, 0.25) is 6.08 Å². The van der Waals surface area contributed by atoms with E-state index in [-0.39, 0.29) is 0 Å². The van der Waals surface area contributed by atoms with Crippen LogP contribution in [0.3, 0.4) is 0 Å². The number of hydrogen-bond acceptors (Lipinski definition) is 6. The third-order valence-electron chi connectivity index (χ3n) is 2.16. The molecule has 2 aromatic heterocycles. The largest absolute Gasteiger partial charge is 0.341 e. The van der Waals surface area contributed by atoms with Gasteiger partial charge in [-0.25, -0.2) is 24.7 Å². The predicted octanol–water partition coefficient (Wildman–Crippen LogP) is 1.56. The topological polar surface area (TPSA) is 83.9 Å². The lowest BCUT2D eigenvalue weighted by Gasteiger charge is -2.00. The molecular formula is C10H11N5OS. The van der Waals surface area contributed by atoms with Crippen LogP contribution in [0, 0.1) is 0 Å². The van der Waals surface area contributed by atoms with Crippen molar-refractivity contribution in [3.63, 3.8) is 0 Å². The number of aromatic amines is 1. The van der Waals surface area contributed by atoms with Crippen LogP contribution < -0.4 is 0 Å². The standard InChI is InChI=1S/C10H11N5OS/c16-7-11-3-1-2-4-17-10-8-9(13-5-12-8)14-6-15-10/h5-6H,1-4H2,(H,12,13,14,15). The quantitative estimate of drug-likeness (QED) is 0.276. The summed E-state index contributed by atoms with van der Waals surface area (Å²) in [4.78, 5) is 28.7. The highest BCUT2D eigenvalue weighted by Gasteiger charge is 2.05. The molecule has 7 heteroatoms. The molecule has 0 aliphatic carbocycles. The fourth-order valence-corrected chi connectivity index (χ4v) is 2.32. The molecule has 88 valence electrons. The average Bonchev–Trinajstić information content (AvgIpc) is 2.82. The molecule has 0 radical (unpaired) electrons. The summed E-state index contributed by atoms with van der Waals surface area (Å²) in [6, 6.07) is 0. The lowest BCUT2D eigenvalue weighted by molar-refractivity contribution is 0.562. The zero-order valence-electron chi connectivity index (χ0n) is 9.09. The van der Waals surface area contributed by atoms with Gasteiger partial charge < -0.3 is 4.98 Å². The molecule has 0 bridgehead atoms. The minimum Gasteiger partial charge on any atom is -0.341 e. The predicted molar refractivity (Wildman–Crippen MR) is 64.6 cm³/mol. The summed E-state index contributed by atoms with van der Waals surface area (Å²) in [5, 5.41) is 0.909. The van der Waals surface area contributed by atoms with Crippen molar-refractivity contribution in [3.05, 3.63) is 12.7 Å². The second-order valence-corrected chi connectivity index (χ2v) is 4.39. The van der Waals surface area contributed by atoms with E-state index in [2.05, 4.69) is 24.9 Å². The summed E-state index contributed by atoms with van der Waals surface area (Å²) in [6.07, 6.45) is 6.53. The SMILES string of the molecule is O=C=NCCCCSc1ncnc2nc[nH]c12. The van der Waals surface area contributed by atoms with Gasteiger partial charge in [0, 0.05) is 0 Å². The first-order valence-electron chi connectivity index (χ1n) is 5.22. The summed E-state index contributed by atoms with van der Waals surface area (Å²) in [7, 11) is 0. The minimum absolute atomic E-state index is 0.549. The number of H-pyrrole nitrogens is 1. The molecule has 0 saturated heterocycles. The van der Waals surface area contributed by atoms with Gasteiger partial charge in [0.1, 0.15) is 16.9 Å². The van der Waals surface area contributed by atoms with Gasteiger partial charge in [-0.2, -0.15) is 0 Å². The number of fused-ring (bicyclic) bond motifs is 1. The van der Waals surface area contributed by atoms with Crippen LogP contribution in [0.25, 0.3) is 11.2 Å². The van der Waals surface area contributed by atoms with Crippen molar-refractivity contribution in [2.45, 2.75) is 17.9 Å². The average molecular weight is 249 g/mol. The molecule has 0 unspecified atom stereocenters. The van der Waals surface area contributed by atoms with Crippen molar-refractivity contribution in [3.8, 4) is 0 Å². The van der Waals surface area contributed by atoms with Crippen LogP contribution in [-0.2, 0) is 4.79 Å². The molecule has 0 amide bonds. The lowest BCUT2D eigenvalue weighted by Crippen LogP contribution is -1.89. The molecule has 2 heterocycles. The van der Waals surface area contributed by atoms with Crippen molar-refractivity contribution in [1.29, 1.82) is 0 Å². The molecular weight excluding hydrogens is 238 g/mol. The molecule has 2 rings (SSSR count). The molecule has 1 N–H and O–H groups in total. The number of isocyanates is 1. The number of thioether (sulfide) groups is 1. The van der Waals surface area contributed by atoms with Gasteiger partial charge in [-0.05, 0) is 18.6 Å². The molecule has 2 aromatic rings. The van der Waals surface area contributed by atoms with E-state index in [9.17, 15) is 4.79 Å². The number of aliphatic imine (C=N–C) groups is 1. The zero-order valence-corrected chi connectivity index (χ0v) is 9.90. The smallest absolute Gasteiger partial charge is 0.234 e. The monoisotopic (exact) mass is 249 g/mol. The van der Waals surface area contributed by atoms with Crippen molar-refractivity contribution in [2.75, 3.05) is 12.3 Å². The first-order chi connectivity index (χ1) is 8.42. The third-order valence-corrected chi connectivity index (χ3v) is 3.23. The van der Waals surface area contributed by atoms with Gasteiger partial charge in [-0.15, -0.1) is 11.8 Å². The van der Waals surface area contributed by atoms with Crippen LogP contribution >= 0.6 is 11.8 Å². The van der Waals surface area contributed by atoms with E-state index in [0.29, 0.717) is 12.2 Å². The summed E-state index contributed by atoms with van der Waals surface area (Å²) in [6.45, 7) is 0.549. The van der Waals surface area contributed by atoms with E-state index < -0.39 is 0 Å². The van der Waals surface area contributed by atoms with Gasteiger partial charge in [-0.3, -0.25) is 0 Å². The highest BCUT2D eigenvalue weighted by Crippen LogP contribution is 2.22. The molecule has 0 atom stereocenters. The van der Waals surface area contributed by atoms with E-state index >= 15 is 0 Å². The van der Waals surface area contributed by atoms with E-state index in [0.717, 1.165) is 29.1 Å². The number of nitrogens with zero attached hydrogens (tertiary/aromatic N) is 4. The molecule has 6 nitrogen and oxygen atoms in total. The maximum atomic E-state index is 9.85. The van der Waals surface area contributed by atoms with Crippen molar-refractivity contribution >= 4 is 29.0 Å². The Balaban J connectivity index is 1.86. The maximum absolute atomic E-state index is 9.85. The summed E-state index contributed by atoms with van der Waals surface area (Å²) in [5.74, 6) is 0.930. The van der Waals surface area contributed by atoms with Gasteiger partial charge in [-0.1, -0.05) is 0 Å². The van der Waals surface area contributed by atoms with E-state index in [1.165, 1.54) is 12.4 Å². The highest BCUT2D eigenvalue weighted by molar-refractivity contribution is 7.99. The fraction of sp³-hybridized carbons (Fsp3) is 0.400. The molecule has 0 aliphatic rings. The number of unbranched alkanes of at least 4 members (excludes halogenated alkanes) is 1. The number of aromatic nitrogens is 4. The van der Waals surface area contributed by atoms with Crippen molar-refractivity contribution < 1.29 is 4.79 Å². The molecule has 0 fully saturated rings. The molecule has 0 aromatic carbocycles. The Morgan fingerprint density at radius 3 is 3.18 bits per heavy atom. The normalized spacial score (nSPS) is 10.4. The van der Waals surface area contributed by atoms with Crippen molar-refractivity contribution in [2.24, 2.45) is 4.99 Å². The van der Waals surface area contributed by atoms with E-state index in [1.54, 1.807) is 18.1 Å². The second-order valence-electron chi connectivity index (χ2n) is 3.31. The van der Waals surface area contributed by atoms with Gasteiger partial charge >= 0.3 is 0 Å². The van der Waals surface area contributed by atoms with Gasteiger partial charge in [0.05, 0.1) is 12.9 Å². The Hall–Kier alpha value is -1.72. The fourth-order valence-electron chi connectivity index (χ4n) is 1.36. The van der Waals surface area contributed by atoms with Crippen molar-refractivity contribution in [1.82, 2.24) is 19.9 Å². The summed E-state index contributed by atoms with van der Waals surface area (Å²) >= 11 is 1.65. The van der Waals surface area contributed by atoms with Crippen LogP contribution in [0.15, 0.2) is 22.7 Å². The highest BCUT2D eigenvalue weighted by atomic mass is 32.2. The van der Waals surface area contributed by atoms with Crippen LogP contribution in [-0.4, -0.2) is 38.3 Å². The zero-order chi connectivity index (χ0) is 11.9. The third kappa shape index (κ3) is 3.12. The van der Waals surface area contributed by atoms with Gasteiger partial charge in [0.15, 0.2) is 5.65 Å². The Bertz CT molecular complexity index is 534. The summed E-state index contributed by atoms with van der Waals surface area (Å²) in [5.41, 5.74) is 1.57. The maximum Gasteiger partial charge on any atom is 0.234 e. The van der Waals surface area contributed by atoms with Crippen LogP contribution in [0.4, 0.5) is 0 Å². The second kappa shape index (κ2) is 6.12. The number of nitrogens with one attached hydrogen (secondary N) is 1. The Kier molecular flexibility index (Phi) is 4.23. The minimum atomic E-state index is 0.549. The first kappa shape index (κ1) is 11.8. The number of carbonyl (C=O) groups excluding carboxylic acids is 1. The number of hydrogen-bond donors (Lipinski definition) is 1. The van der Waals surface area contributed by atoms with Crippen LogP contribution in [0.1, 0.15) is 12.8 Å². The Labute approximate surface area is 102 Å². The molecule has 0 spiro atoms. The lowest BCUT2D eigenvalue weighted by atomic mass is 10.3. The Morgan fingerprint density at radius 1 is 1.35 bits per heavy atom. The van der Waals surface area contributed by atoms with E-state index in [4.69, 9.17) is 0 Å². The van der Waals surface area contributed by atoms with Gasteiger partial charge in [0.25, 0.3) is 0 Å². The number of imidazole rings is 1. The molecule has 0 aliphatic heterocycles. The summed E-state index contributed by atoms with van der Waals surface area (Å²) < 4.78 is 0. The molecule has 17 heavy (non-hydrogen) atoms. The first-order valence-corrected chi connectivity index (χ1v) is 6.21. The van der Waals surface area contributed by atoms with Crippen LogP contribution in [0.2, 0.25) is 0 Å². The van der Waals surface area contributed by atoms with Crippen LogP contribution in [0.5, 0.6) is 0 Å². The number of rotatable bonds is 6. The Morgan fingerprint density at radius 2 is 2.29 bits per heavy atom. The van der Waals surface area contributed by atoms with E-state index in [1.807, 2.05) is 0 Å². The molecule has 0 saturated carbocycles.